The van der Waals surface area contributed by atoms with Gasteiger partial charge in [-0.25, -0.2) is 8.96 Å². The van der Waals surface area contributed by atoms with Gasteiger partial charge in [0.1, 0.15) is 41.2 Å². The molecule has 0 bridgehead atoms. The van der Waals surface area contributed by atoms with Crippen LogP contribution in [0.1, 0.15) is 27.7 Å². The van der Waals surface area contributed by atoms with E-state index in [1.54, 1.807) is 26.0 Å². The topological polar surface area (TPSA) is 166 Å². The number of aliphatic hydroxyl groups is 1. The molecule has 5 rings (SSSR count). The maximum atomic E-state index is 15.8. The molecule has 0 saturated carbocycles. The van der Waals surface area contributed by atoms with E-state index in [9.17, 15) is 24.1 Å². The van der Waals surface area contributed by atoms with Crippen LogP contribution in [-0.2, 0) is 28.2 Å². The van der Waals surface area contributed by atoms with Gasteiger partial charge in [-0.2, -0.15) is 5.09 Å². The Morgan fingerprint density at radius 1 is 1.19 bits per heavy atom. The quantitative estimate of drug-likeness (QED) is 0.198. The lowest BCUT2D eigenvalue weighted by Crippen LogP contribution is -2.51. The Bertz CT molecular complexity index is 1810. The lowest BCUT2D eigenvalue weighted by Gasteiger charge is -2.35. The highest BCUT2D eigenvalue weighted by atomic mass is 31.2. The number of aliphatic hydroxyl groups excluding tert-OH is 1. The van der Waals surface area contributed by atoms with Gasteiger partial charge >= 0.3 is 13.7 Å². The van der Waals surface area contributed by atoms with Gasteiger partial charge in [0.15, 0.2) is 17.3 Å². The van der Waals surface area contributed by atoms with Crippen molar-refractivity contribution < 1.29 is 46.6 Å². The van der Waals surface area contributed by atoms with E-state index < -0.39 is 67.9 Å². The fraction of sp³-hybridized carbons (Fsp3) is 0.344. The van der Waals surface area contributed by atoms with Crippen LogP contribution in [0.5, 0.6) is 5.75 Å². The highest BCUT2D eigenvalue weighted by molar-refractivity contribution is 7.52. The van der Waals surface area contributed by atoms with Crippen LogP contribution >= 0.6 is 7.75 Å². The number of halogens is 1. The third kappa shape index (κ3) is 7.47. The predicted molar refractivity (Wildman–Crippen MR) is 168 cm³/mol. The summed E-state index contributed by atoms with van der Waals surface area (Å²) in [5, 5.41) is 15.9. The molecule has 15 heteroatoms. The molecule has 1 aromatic heterocycles. The van der Waals surface area contributed by atoms with E-state index in [0.29, 0.717) is 11.3 Å². The second-order valence-electron chi connectivity index (χ2n) is 11.5. The molecular weight excluding hydrogens is 636 g/mol. The molecule has 13 nitrogen and oxygen atoms in total. The van der Waals surface area contributed by atoms with E-state index in [1.807, 2.05) is 18.2 Å². The highest BCUT2D eigenvalue weighted by Gasteiger charge is 2.57. The number of ether oxygens (including phenoxy) is 2. The minimum absolute atomic E-state index is 0.0185. The molecule has 1 saturated heterocycles. The van der Waals surface area contributed by atoms with Crippen molar-refractivity contribution in [3.8, 4) is 17.1 Å². The molecule has 1 fully saturated rings. The first-order chi connectivity index (χ1) is 22.2. The fourth-order valence-electron chi connectivity index (χ4n) is 5.02. The number of hydrogen-bond acceptors (Lipinski definition) is 11. The summed E-state index contributed by atoms with van der Waals surface area (Å²) >= 11 is 0. The molecule has 47 heavy (non-hydrogen) atoms. The zero-order valence-electron chi connectivity index (χ0n) is 26.0. The third-order valence-corrected chi connectivity index (χ3v) is 9.03. The van der Waals surface area contributed by atoms with Crippen LogP contribution in [0.25, 0.3) is 22.3 Å². The van der Waals surface area contributed by atoms with Gasteiger partial charge in [0.25, 0.3) is 5.91 Å². The Balaban J connectivity index is 1.39. The molecule has 250 valence electrons. The number of benzene rings is 2. The minimum Gasteiger partial charge on any atom is -0.462 e. The summed E-state index contributed by atoms with van der Waals surface area (Å²) in [6.45, 7) is 8.78. The average Bonchev–Trinajstić information content (AvgIpc) is 3.23. The van der Waals surface area contributed by atoms with E-state index in [-0.39, 0.29) is 22.5 Å². The van der Waals surface area contributed by atoms with Crippen LogP contribution in [0, 0.1) is 0 Å². The van der Waals surface area contributed by atoms with E-state index >= 15 is 4.39 Å². The molecule has 1 amide bonds. The van der Waals surface area contributed by atoms with Crippen molar-refractivity contribution in [1.82, 2.24) is 15.3 Å². The van der Waals surface area contributed by atoms with Crippen LogP contribution in [0.3, 0.4) is 0 Å². The Morgan fingerprint density at radius 2 is 1.91 bits per heavy atom. The minimum atomic E-state index is -4.54. The van der Waals surface area contributed by atoms with Gasteiger partial charge in [0.2, 0.25) is 0 Å². The largest absolute Gasteiger partial charge is 0.462 e. The molecule has 0 spiro atoms. The van der Waals surface area contributed by atoms with E-state index in [4.69, 9.17) is 22.9 Å². The first kappa shape index (κ1) is 34.0. The zero-order valence-corrected chi connectivity index (χ0v) is 26.9. The maximum Gasteiger partial charge on any atom is 0.459 e. The van der Waals surface area contributed by atoms with Crippen LogP contribution in [0.2, 0.25) is 0 Å². The monoisotopic (exact) mass is 671 g/mol. The maximum absolute atomic E-state index is 15.8. The number of alkyl halides is 1. The van der Waals surface area contributed by atoms with E-state index in [1.165, 1.54) is 42.3 Å². The molecule has 6 atom stereocenters. The number of amides is 1. The summed E-state index contributed by atoms with van der Waals surface area (Å²) in [7, 11) is -4.54. The Kier molecular flexibility index (Phi) is 9.71. The smallest absolute Gasteiger partial charge is 0.459 e. The molecule has 2 aliphatic rings. The normalized spacial score (nSPS) is 24.7. The number of carbonyl (C=O) groups excluding carboxylic acids is 2. The van der Waals surface area contributed by atoms with Crippen molar-refractivity contribution in [3.05, 3.63) is 89.5 Å². The zero-order chi connectivity index (χ0) is 34.1. The number of hydrogen-bond donors (Lipinski definition) is 3. The summed E-state index contributed by atoms with van der Waals surface area (Å²) in [5.74, 6) is -0.938. The van der Waals surface area contributed by atoms with Crippen molar-refractivity contribution in [2.75, 3.05) is 6.61 Å². The Morgan fingerprint density at radius 3 is 2.60 bits per heavy atom. The standard InChI is InChI=1S/C32H35FN3O10P/c1-18(2)43-30(40)19(3)35-47(41,42-17-27-29(39)32(5,33)31(45-27)36-14-13-28(38)34-20(36)4)46-22-11-12-25-23(15-22)24(37)16-26(44-25)21-9-7-6-8-10-21/h6-16,18-19,27,29,31,39H,4,17H2,1-3,5H3,(H,34,38)(H,35,41)/t19-,27+,29+,31+,32+,47?/m0/s1. The summed E-state index contributed by atoms with van der Waals surface area (Å²) in [4.78, 5) is 38.5. The predicted octanol–water partition coefficient (Wildman–Crippen LogP) is 4.12. The van der Waals surface area contributed by atoms with Crippen molar-refractivity contribution in [3.63, 3.8) is 0 Å². The molecule has 0 radical (unpaired) electrons. The van der Waals surface area contributed by atoms with Crippen molar-refractivity contribution in [1.29, 1.82) is 0 Å². The first-order valence-electron chi connectivity index (χ1n) is 14.7. The molecule has 3 heterocycles. The van der Waals surface area contributed by atoms with Gasteiger partial charge in [0.05, 0.1) is 18.1 Å². The van der Waals surface area contributed by atoms with E-state index in [2.05, 4.69) is 17.0 Å². The number of rotatable bonds is 11. The second kappa shape index (κ2) is 13.4. The molecule has 2 aliphatic heterocycles. The van der Waals surface area contributed by atoms with Crippen molar-refractivity contribution in [2.45, 2.75) is 63.9 Å². The van der Waals surface area contributed by atoms with Gasteiger partial charge < -0.3 is 33.7 Å². The van der Waals surface area contributed by atoms with Gasteiger partial charge in [-0.15, -0.1) is 0 Å². The average molecular weight is 672 g/mol. The van der Waals surface area contributed by atoms with E-state index in [0.717, 1.165) is 13.0 Å². The van der Waals surface area contributed by atoms with Crippen molar-refractivity contribution >= 4 is 30.6 Å². The van der Waals surface area contributed by atoms with Gasteiger partial charge in [-0.1, -0.05) is 36.9 Å². The summed E-state index contributed by atoms with van der Waals surface area (Å²) < 4.78 is 58.3. The summed E-state index contributed by atoms with van der Waals surface area (Å²) in [6.07, 6.45) is -2.68. The van der Waals surface area contributed by atoms with Crippen molar-refractivity contribution in [2.24, 2.45) is 0 Å². The summed E-state index contributed by atoms with van der Waals surface area (Å²) in [6, 6.07) is 13.3. The van der Waals surface area contributed by atoms with Crippen LogP contribution < -0.4 is 20.4 Å². The molecular formula is C32H35FN3O10P. The first-order valence-corrected chi connectivity index (χ1v) is 16.3. The summed E-state index contributed by atoms with van der Waals surface area (Å²) in [5.41, 5.74) is -1.86. The third-order valence-electron chi connectivity index (χ3n) is 7.38. The second-order valence-corrected chi connectivity index (χ2v) is 13.2. The number of esters is 1. The highest BCUT2D eigenvalue weighted by Crippen LogP contribution is 2.47. The number of nitrogens with zero attached hydrogens (tertiary/aromatic N) is 1. The molecule has 0 aliphatic carbocycles. The SMILES string of the molecule is C=C1NC(=O)C=CN1[C@@H]1O[C@H](COP(=O)(N[C@@H](C)C(=O)OC(C)C)Oc2ccc3oc(-c4ccccc4)cc(=O)c3c2)[C@@H](O)[C@@]1(C)F. The Labute approximate surface area is 269 Å². The molecule has 3 aromatic rings. The molecule has 3 N–H and O–H groups in total. The van der Waals surface area contributed by atoms with Crippen LogP contribution in [0.4, 0.5) is 4.39 Å². The number of nitrogens with one attached hydrogen (secondary N) is 2. The van der Waals surface area contributed by atoms with Crippen LogP contribution in [-0.4, -0.2) is 64.7 Å². The Hall–Kier alpha value is -4.33. The van der Waals surface area contributed by atoms with Gasteiger partial charge in [0, 0.05) is 23.9 Å². The molecule has 2 aromatic carbocycles. The van der Waals surface area contributed by atoms with Gasteiger partial charge in [-0.3, -0.25) is 18.9 Å². The lowest BCUT2D eigenvalue weighted by molar-refractivity contribution is -0.149. The lowest BCUT2D eigenvalue weighted by atomic mass is 9.98. The fourth-order valence-corrected chi connectivity index (χ4v) is 6.51. The number of carbonyl (C=O) groups is 2. The van der Waals surface area contributed by atoms with Crippen LogP contribution in [0.15, 0.2) is 88.5 Å². The molecule has 1 unspecified atom stereocenters. The van der Waals surface area contributed by atoms with Gasteiger partial charge in [-0.05, 0) is 45.9 Å². The number of fused-ring (bicyclic) bond motifs is 1.